The first kappa shape index (κ1) is 21.5. The van der Waals surface area contributed by atoms with Crippen LogP contribution in [0.4, 0.5) is 0 Å². The summed E-state index contributed by atoms with van der Waals surface area (Å²) in [4.78, 5) is 16.2. The molecular formula is C18H35IN4O. The molecule has 0 unspecified atom stereocenters. The van der Waals surface area contributed by atoms with Gasteiger partial charge in [0, 0.05) is 32.6 Å². The Balaban J connectivity index is 0.00000288. The van der Waals surface area contributed by atoms with Gasteiger partial charge >= 0.3 is 0 Å². The predicted octanol–water partition coefficient (Wildman–Crippen LogP) is 3.19. The third kappa shape index (κ3) is 6.76. The average Bonchev–Trinajstić information content (AvgIpc) is 3.23. The number of guanidine groups is 1. The monoisotopic (exact) mass is 450 g/mol. The van der Waals surface area contributed by atoms with Crippen molar-refractivity contribution in [3.05, 3.63) is 0 Å². The molecule has 0 aromatic heterocycles. The molecule has 5 nitrogen and oxygen atoms in total. The van der Waals surface area contributed by atoms with Crippen molar-refractivity contribution in [2.45, 2.75) is 77.2 Å². The lowest BCUT2D eigenvalue weighted by atomic mass is 9.83. The summed E-state index contributed by atoms with van der Waals surface area (Å²) in [6.07, 6.45) is 11.8. The largest absolute Gasteiger partial charge is 0.356 e. The normalized spacial score (nSPS) is 20.5. The van der Waals surface area contributed by atoms with E-state index in [0.29, 0.717) is 24.4 Å². The molecule has 0 heterocycles. The van der Waals surface area contributed by atoms with Gasteiger partial charge in [-0.15, -0.1) is 24.0 Å². The SMILES string of the molecule is CCC1(CNC(=NC)NCCC(=O)NC2CCCC2)CCCC1.I. The number of hydrogen-bond donors (Lipinski definition) is 3. The minimum absolute atomic E-state index is 0. The first-order valence-electron chi connectivity index (χ1n) is 9.41. The van der Waals surface area contributed by atoms with Crippen LogP contribution in [0.2, 0.25) is 0 Å². The van der Waals surface area contributed by atoms with Gasteiger partial charge in [0.1, 0.15) is 0 Å². The van der Waals surface area contributed by atoms with Gasteiger partial charge in [0.05, 0.1) is 0 Å². The van der Waals surface area contributed by atoms with Crippen molar-refractivity contribution >= 4 is 35.8 Å². The lowest BCUT2D eigenvalue weighted by Gasteiger charge is -2.28. The number of carbonyl (C=O) groups is 1. The number of halogens is 1. The van der Waals surface area contributed by atoms with Crippen molar-refractivity contribution < 1.29 is 4.79 Å². The molecule has 0 spiro atoms. The summed E-state index contributed by atoms with van der Waals surface area (Å²) in [5, 5.41) is 9.85. The van der Waals surface area contributed by atoms with Gasteiger partial charge in [0.15, 0.2) is 5.96 Å². The van der Waals surface area contributed by atoms with Crippen LogP contribution in [0.5, 0.6) is 0 Å². The fourth-order valence-electron chi connectivity index (χ4n) is 3.94. The summed E-state index contributed by atoms with van der Waals surface area (Å²) in [5.74, 6) is 0.971. The highest BCUT2D eigenvalue weighted by molar-refractivity contribution is 14.0. The number of carbonyl (C=O) groups excluding carboxylic acids is 1. The van der Waals surface area contributed by atoms with Crippen LogP contribution in [-0.4, -0.2) is 38.0 Å². The van der Waals surface area contributed by atoms with Crippen molar-refractivity contribution in [1.29, 1.82) is 0 Å². The molecule has 2 fully saturated rings. The Bertz CT molecular complexity index is 402. The minimum Gasteiger partial charge on any atom is -0.356 e. The van der Waals surface area contributed by atoms with E-state index in [-0.39, 0.29) is 29.9 Å². The fraction of sp³-hybridized carbons (Fsp3) is 0.889. The predicted molar refractivity (Wildman–Crippen MR) is 111 cm³/mol. The highest BCUT2D eigenvalue weighted by Gasteiger charge is 2.31. The van der Waals surface area contributed by atoms with Gasteiger partial charge in [-0.1, -0.05) is 32.6 Å². The van der Waals surface area contributed by atoms with Gasteiger partial charge in [-0.25, -0.2) is 0 Å². The lowest BCUT2D eigenvalue weighted by Crippen LogP contribution is -2.44. The number of hydrogen-bond acceptors (Lipinski definition) is 2. The molecule has 2 aliphatic rings. The Hall–Kier alpha value is -0.530. The highest BCUT2D eigenvalue weighted by atomic mass is 127. The molecule has 0 atom stereocenters. The lowest BCUT2D eigenvalue weighted by molar-refractivity contribution is -0.121. The quantitative estimate of drug-likeness (QED) is 0.317. The van der Waals surface area contributed by atoms with Crippen LogP contribution in [0.25, 0.3) is 0 Å². The second kappa shape index (κ2) is 11.2. The standard InChI is InChI=1S/C18H34N4O.HI/c1-3-18(11-6-7-12-18)14-21-17(19-2)20-13-10-16(23)22-15-8-4-5-9-15;/h15H,3-14H2,1-2H3,(H,22,23)(H2,19,20,21);1H. The van der Waals surface area contributed by atoms with Crippen molar-refractivity contribution in [3.8, 4) is 0 Å². The van der Waals surface area contributed by atoms with Gasteiger partial charge in [0.2, 0.25) is 5.91 Å². The smallest absolute Gasteiger partial charge is 0.221 e. The Kier molecular flexibility index (Phi) is 10.0. The zero-order chi connectivity index (χ0) is 16.5. The highest BCUT2D eigenvalue weighted by Crippen LogP contribution is 2.40. The van der Waals surface area contributed by atoms with Crippen molar-refractivity contribution in [3.63, 3.8) is 0 Å². The van der Waals surface area contributed by atoms with Crippen LogP contribution in [-0.2, 0) is 4.79 Å². The minimum atomic E-state index is 0. The summed E-state index contributed by atoms with van der Waals surface area (Å²) < 4.78 is 0. The topological polar surface area (TPSA) is 65.5 Å². The molecule has 0 aromatic carbocycles. The summed E-state index contributed by atoms with van der Waals surface area (Å²) >= 11 is 0. The molecule has 0 saturated heterocycles. The number of nitrogens with zero attached hydrogens (tertiary/aromatic N) is 1. The first-order chi connectivity index (χ1) is 11.2. The van der Waals surface area contributed by atoms with E-state index in [9.17, 15) is 4.79 Å². The molecular weight excluding hydrogens is 415 g/mol. The average molecular weight is 450 g/mol. The molecule has 2 aliphatic carbocycles. The van der Waals surface area contributed by atoms with Gasteiger partial charge < -0.3 is 16.0 Å². The summed E-state index contributed by atoms with van der Waals surface area (Å²) in [7, 11) is 1.79. The van der Waals surface area contributed by atoms with Crippen molar-refractivity contribution in [2.75, 3.05) is 20.1 Å². The number of rotatable bonds is 7. The third-order valence-electron chi connectivity index (χ3n) is 5.63. The molecule has 3 N–H and O–H groups in total. The van der Waals surface area contributed by atoms with Crippen LogP contribution in [0.3, 0.4) is 0 Å². The van der Waals surface area contributed by atoms with E-state index >= 15 is 0 Å². The molecule has 6 heteroatoms. The van der Waals surface area contributed by atoms with E-state index in [4.69, 9.17) is 0 Å². The van der Waals surface area contributed by atoms with E-state index in [1.54, 1.807) is 7.05 Å². The summed E-state index contributed by atoms with van der Waals surface area (Å²) in [6.45, 7) is 3.91. The summed E-state index contributed by atoms with van der Waals surface area (Å²) in [6, 6.07) is 0.409. The molecule has 140 valence electrons. The van der Waals surface area contributed by atoms with Gasteiger partial charge in [0.25, 0.3) is 0 Å². The molecule has 0 bridgehead atoms. The third-order valence-corrected chi connectivity index (χ3v) is 5.63. The maximum absolute atomic E-state index is 11.9. The zero-order valence-corrected chi connectivity index (χ0v) is 17.7. The van der Waals surface area contributed by atoms with Crippen LogP contribution in [0.15, 0.2) is 4.99 Å². The van der Waals surface area contributed by atoms with Crippen molar-refractivity contribution in [1.82, 2.24) is 16.0 Å². The number of aliphatic imine (C=N–C) groups is 1. The van der Waals surface area contributed by atoms with Crippen molar-refractivity contribution in [2.24, 2.45) is 10.4 Å². The maximum Gasteiger partial charge on any atom is 0.221 e. The van der Waals surface area contributed by atoms with E-state index in [1.807, 2.05) is 0 Å². The molecule has 24 heavy (non-hydrogen) atoms. The van der Waals surface area contributed by atoms with Gasteiger partial charge in [-0.2, -0.15) is 0 Å². The Labute approximate surface area is 164 Å². The Morgan fingerprint density at radius 2 is 1.79 bits per heavy atom. The van der Waals surface area contributed by atoms with Crippen LogP contribution in [0, 0.1) is 5.41 Å². The molecule has 2 saturated carbocycles. The van der Waals surface area contributed by atoms with Crippen LogP contribution in [0.1, 0.15) is 71.1 Å². The fourth-order valence-corrected chi connectivity index (χ4v) is 3.94. The second-order valence-corrected chi connectivity index (χ2v) is 7.21. The molecule has 0 aromatic rings. The summed E-state index contributed by atoms with van der Waals surface area (Å²) in [5.41, 5.74) is 0.442. The maximum atomic E-state index is 11.9. The first-order valence-corrected chi connectivity index (χ1v) is 9.41. The number of amides is 1. The van der Waals surface area contributed by atoms with Gasteiger partial charge in [-0.3, -0.25) is 9.79 Å². The molecule has 1 amide bonds. The molecule has 0 radical (unpaired) electrons. The zero-order valence-electron chi connectivity index (χ0n) is 15.3. The Morgan fingerprint density at radius 3 is 2.38 bits per heavy atom. The van der Waals surface area contributed by atoms with E-state index < -0.39 is 0 Å². The molecule has 0 aliphatic heterocycles. The molecule has 2 rings (SSSR count). The number of nitrogens with one attached hydrogen (secondary N) is 3. The van der Waals surface area contributed by atoms with E-state index in [2.05, 4.69) is 27.9 Å². The van der Waals surface area contributed by atoms with E-state index in [1.165, 1.54) is 44.9 Å². The Morgan fingerprint density at radius 1 is 1.12 bits per heavy atom. The van der Waals surface area contributed by atoms with Crippen LogP contribution >= 0.6 is 24.0 Å². The second-order valence-electron chi connectivity index (χ2n) is 7.21. The van der Waals surface area contributed by atoms with E-state index in [0.717, 1.165) is 25.3 Å². The van der Waals surface area contributed by atoms with Gasteiger partial charge in [-0.05, 0) is 37.5 Å². The van der Waals surface area contributed by atoms with Crippen LogP contribution < -0.4 is 16.0 Å².